The van der Waals surface area contributed by atoms with Crippen LogP contribution in [0.25, 0.3) is 11.1 Å². The van der Waals surface area contributed by atoms with Gasteiger partial charge in [-0.1, -0.05) is 37.6 Å². The topological polar surface area (TPSA) is 233 Å². The minimum absolute atomic E-state index is 0.152. The molecular weight excluding hydrogens is 1060 g/mol. The number of unbranched alkanes of at least 4 members (excludes halogenated alkanes) is 2. The largest absolute Gasteiger partial charge is 0.493 e. The number of rotatable bonds is 22. The highest BCUT2D eigenvalue weighted by Crippen LogP contribution is 2.42. The number of nitrogens with one attached hydrogen (secondary N) is 3. The van der Waals surface area contributed by atoms with E-state index in [9.17, 15) is 33.6 Å². The van der Waals surface area contributed by atoms with Crippen molar-refractivity contribution < 1.29 is 52.5 Å². The van der Waals surface area contributed by atoms with Crippen molar-refractivity contribution in [3.05, 3.63) is 107 Å². The maximum atomic E-state index is 14.1. The van der Waals surface area contributed by atoms with Crippen molar-refractivity contribution in [2.24, 2.45) is 15.9 Å². The van der Waals surface area contributed by atoms with Gasteiger partial charge in [-0.3, -0.25) is 48.4 Å². The molecule has 2 unspecified atom stereocenters. The Kier molecular flexibility index (Phi) is 17.6. The number of ether oxygens (including phenoxy) is 4. The highest BCUT2D eigenvalue weighted by Gasteiger charge is 2.37. The number of hydrogen-bond donors (Lipinski definition) is 3. The molecule has 21 heteroatoms. The van der Waals surface area contributed by atoms with Crippen molar-refractivity contribution in [1.82, 2.24) is 30.2 Å². The molecule has 4 aromatic rings. The summed E-state index contributed by atoms with van der Waals surface area (Å²) in [5.74, 6) is -0.643. The molecule has 10 rings (SSSR count). The lowest BCUT2D eigenvalue weighted by molar-refractivity contribution is -0.139. The van der Waals surface area contributed by atoms with E-state index in [0.29, 0.717) is 96.3 Å². The second kappa shape index (κ2) is 25.5. The molecule has 6 aliphatic heterocycles. The maximum absolute atomic E-state index is 14.1. The molecule has 0 bridgehead atoms. The standard InChI is InChI=1S/C62H70N10O11/c1-38-26-58(75)70(60(38)77)19-8-6-7-10-56(73)65-35-57(74)66-39(2)59(76)67-44-15-11-40(12-16-44)42-27-46-33-63-50-31-54(52(80-4)29-48(50)61(78)71(46)36-42)82-24-9-25-83-55-32-51-49(30-53(55)81-5)62(79)72-37-43(28-47(72)34-64-51)41-13-17-45(18-14-41)69-22-20-68(3)21-23-69/h11-18,29-34,36-39,46-47H,6-10,19-28,35H2,1-5H3,(H,65,73)(H,66,74)(H,67,76)/t38?,39-,46-,47?/m0/s1. The monoisotopic (exact) mass is 1130 g/mol. The van der Waals surface area contributed by atoms with Crippen molar-refractivity contribution in [2.45, 2.75) is 83.3 Å². The summed E-state index contributed by atoms with van der Waals surface area (Å²) in [4.78, 5) is 109. The highest BCUT2D eigenvalue weighted by atomic mass is 16.5. The van der Waals surface area contributed by atoms with Crippen molar-refractivity contribution in [3.8, 4) is 23.0 Å². The lowest BCUT2D eigenvalue weighted by Gasteiger charge is -2.34. The maximum Gasteiger partial charge on any atom is 0.260 e. The van der Waals surface area contributed by atoms with E-state index in [1.807, 2.05) is 30.7 Å². The van der Waals surface area contributed by atoms with Gasteiger partial charge in [0.1, 0.15) is 6.04 Å². The van der Waals surface area contributed by atoms with Crippen LogP contribution in [0.3, 0.4) is 0 Å². The molecule has 0 aromatic heterocycles. The third-order valence-corrected chi connectivity index (χ3v) is 15.8. The van der Waals surface area contributed by atoms with Crippen LogP contribution in [0.15, 0.2) is 95.2 Å². The number of benzene rings is 4. The number of amides is 7. The first-order chi connectivity index (χ1) is 40.1. The number of carbonyl (C=O) groups is 7. The number of fused-ring (bicyclic) bond motifs is 4. The second-order valence-electron chi connectivity index (χ2n) is 21.7. The minimum atomic E-state index is -0.896. The van der Waals surface area contributed by atoms with Gasteiger partial charge in [-0.2, -0.15) is 0 Å². The Labute approximate surface area is 482 Å². The molecule has 7 amide bonds. The molecule has 0 saturated carbocycles. The zero-order chi connectivity index (χ0) is 58.3. The number of hydrogen-bond acceptors (Lipinski definition) is 15. The first kappa shape index (κ1) is 57.4. The molecule has 6 aliphatic rings. The van der Waals surface area contributed by atoms with Crippen LogP contribution in [0, 0.1) is 5.92 Å². The number of piperazine rings is 1. The Hall–Kier alpha value is -8.85. The number of likely N-dealkylation sites (N-methyl/N-ethyl adjacent to an activating group) is 1. The van der Waals surface area contributed by atoms with Crippen molar-refractivity contribution in [2.75, 3.05) is 84.0 Å². The predicted octanol–water partition coefficient (Wildman–Crippen LogP) is 6.76. The van der Waals surface area contributed by atoms with Crippen LogP contribution in [0.2, 0.25) is 0 Å². The van der Waals surface area contributed by atoms with Gasteiger partial charge in [0, 0.05) is 119 Å². The molecule has 0 radical (unpaired) electrons. The molecule has 4 atom stereocenters. The molecule has 3 N–H and O–H groups in total. The normalized spacial score (nSPS) is 19.5. The quantitative estimate of drug-likeness (QED) is 0.0546. The number of methoxy groups -OCH3 is 2. The summed E-state index contributed by atoms with van der Waals surface area (Å²) in [6.07, 6.45) is 11.2. The number of nitrogens with zero attached hydrogens (tertiary/aromatic N) is 7. The van der Waals surface area contributed by atoms with Crippen molar-refractivity contribution in [1.29, 1.82) is 0 Å². The first-order valence-corrected chi connectivity index (χ1v) is 28.3. The van der Waals surface area contributed by atoms with E-state index in [1.165, 1.54) is 24.8 Å². The SMILES string of the molecule is COc1cc2c(cc1OCCCOc1cc3c(cc1OC)C(=O)N1C=C(c4ccc(NC(=O)[C@H](C)NC(=O)CNC(=O)CCCCCN5C(=O)CC(C)C5=O)cc4)C[C@H]1C=N3)N=CC1CC(c3ccc(N4CCN(C)CC4)cc3)=CN1C2=O. The van der Waals surface area contributed by atoms with E-state index in [0.717, 1.165) is 48.5 Å². The fourth-order valence-electron chi connectivity index (χ4n) is 11.0. The predicted molar refractivity (Wildman–Crippen MR) is 314 cm³/mol. The van der Waals surface area contributed by atoms with Crippen LogP contribution in [0.4, 0.5) is 22.7 Å². The summed E-state index contributed by atoms with van der Waals surface area (Å²) in [6, 6.07) is 21.1. The molecule has 4 aromatic carbocycles. The lowest BCUT2D eigenvalue weighted by Crippen LogP contribution is -2.45. The first-order valence-electron chi connectivity index (χ1n) is 28.3. The van der Waals surface area contributed by atoms with Crippen LogP contribution in [0.1, 0.15) is 97.1 Å². The molecule has 83 heavy (non-hydrogen) atoms. The minimum Gasteiger partial charge on any atom is -0.493 e. The molecule has 2 saturated heterocycles. The summed E-state index contributed by atoms with van der Waals surface area (Å²) >= 11 is 0. The average molecular weight is 1130 g/mol. The van der Waals surface area contributed by atoms with E-state index in [4.69, 9.17) is 28.9 Å². The van der Waals surface area contributed by atoms with Gasteiger partial charge in [0.15, 0.2) is 23.0 Å². The van der Waals surface area contributed by atoms with Crippen LogP contribution < -0.4 is 39.8 Å². The average Bonchev–Trinajstić information content (AvgIpc) is 4.28. The second-order valence-corrected chi connectivity index (χ2v) is 21.7. The van der Waals surface area contributed by atoms with E-state index in [2.05, 4.69) is 57.1 Å². The molecule has 2 fully saturated rings. The Morgan fingerprint density at radius 1 is 0.663 bits per heavy atom. The van der Waals surface area contributed by atoms with Gasteiger partial charge in [0.2, 0.25) is 29.5 Å². The van der Waals surface area contributed by atoms with E-state index < -0.39 is 17.9 Å². The Morgan fingerprint density at radius 3 is 1.75 bits per heavy atom. The van der Waals surface area contributed by atoms with Gasteiger partial charge in [-0.25, -0.2) is 0 Å². The zero-order valence-corrected chi connectivity index (χ0v) is 47.5. The highest BCUT2D eigenvalue weighted by molar-refractivity contribution is 6.07. The third kappa shape index (κ3) is 13.1. The summed E-state index contributed by atoms with van der Waals surface area (Å²) in [7, 11) is 5.20. The molecule has 0 spiro atoms. The van der Waals surface area contributed by atoms with Gasteiger partial charge in [0.25, 0.3) is 11.8 Å². The van der Waals surface area contributed by atoms with Gasteiger partial charge in [0.05, 0.1) is 68.6 Å². The van der Waals surface area contributed by atoms with Crippen LogP contribution in [-0.4, -0.2) is 165 Å². The Bertz CT molecular complexity index is 3300. The number of aliphatic imine (C=N–C) groups is 2. The smallest absolute Gasteiger partial charge is 0.260 e. The van der Waals surface area contributed by atoms with Crippen LogP contribution in [0.5, 0.6) is 23.0 Å². The molecule has 6 heterocycles. The molecule has 0 aliphatic carbocycles. The summed E-state index contributed by atoms with van der Waals surface area (Å²) in [5, 5.41) is 7.97. The Morgan fingerprint density at radius 2 is 1.22 bits per heavy atom. The number of anilines is 2. The summed E-state index contributed by atoms with van der Waals surface area (Å²) < 4.78 is 23.8. The third-order valence-electron chi connectivity index (χ3n) is 15.8. The number of carbonyl (C=O) groups excluding carboxylic acids is 7. The zero-order valence-electron chi connectivity index (χ0n) is 47.5. The number of imide groups is 1. The molecular formula is C62H70N10O11. The van der Waals surface area contributed by atoms with Crippen molar-refractivity contribution >= 4 is 87.7 Å². The molecule has 434 valence electrons. The van der Waals surface area contributed by atoms with E-state index >= 15 is 0 Å². The van der Waals surface area contributed by atoms with Crippen LogP contribution in [-0.2, 0) is 24.0 Å². The van der Waals surface area contributed by atoms with Gasteiger partial charge < -0.3 is 54.5 Å². The van der Waals surface area contributed by atoms with Gasteiger partial charge >= 0.3 is 0 Å². The van der Waals surface area contributed by atoms with E-state index in [-0.39, 0.29) is 80.1 Å². The van der Waals surface area contributed by atoms with Crippen molar-refractivity contribution in [3.63, 3.8) is 0 Å². The molecule has 21 nitrogen and oxygen atoms in total. The fraction of sp³-hybridized carbons (Fsp3) is 0.403. The number of likely N-dealkylation sites (tertiary alicyclic amines) is 1. The van der Waals surface area contributed by atoms with E-state index in [1.54, 1.807) is 66.3 Å². The fourth-order valence-corrected chi connectivity index (χ4v) is 11.0. The lowest BCUT2D eigenvalue weighted by atomic mass is 10.0. The Balaban J connectivity index is 0.668. The summed E-state index contributed by atoms with van der Waals surface area (Å²) in [6.45, 7) is 7.92. The van der Waals surface area contributed by atoms with Gasteiger partial charge in [-0.05, 0) is 85.5 Å². The van der Waals surface area contributed by atoms with Gasteiger partial charge in [-0.15, -0.1) is 0 Å². The van der Waals surface area contributed by atoms with Crippen LogP contribution >= 0.6 is 0 Å². The summed E-state index contributed by atoms with van der Waals surface area (Å²) in [5.41, 5.74) is 7.34.